The molecule has 1 heterocycles. The van der Waals surface area contributed by atoms with Gasteiger partial charge < -0.3 is 4.57 Å². The molecular formula is C14H13FN2O3. The van der Waals surface area contributed by atoms with Crippen LogP contribution in [-0.2, 0) is 20.5 Å². The van der Waals surface area contributed by atoms with Gasteiger partial charge in [-0.3, -0.25) is 14.2 Å². The number of carbonyl (C=O) groups is 1. The molecule has 0 N–H and O–H groups in total. The number of rotatable bonds is 3. The summed E-state index contributed by atoms with van der Waals surface area (Å²) in [6.07, 6.45) is 1.21. The summed E-state index contributed by atoms with van der Waals surface area (Å²) < 4.78 is 14.9. The largest absolute Gasteiger partial charge is 0.330 e. The SMILES string of the molecule is Cn1cc(C(=O)Cc2ccc(F)cc2)c(=O)n(C)c1=O. The maximum Gasteiger partial charge on any atom is 0.330 e. The number of aromatic nitrogens is 2. The zero-order valence-corrected chi connectivity index (χ0v) is 11.1. The molecule has 1 aromatic heterocycles. The van der Waals surface area contributed by atoms with Crippen LogP contribution in [-0.4, -0.2) is 14.9 Å². The van der Waals surface area contributed by atoms with E-state index in [0.717, 1.165) is 4.57 Å². The monoisotopic (exact) mass is 276 g/mol. The third-order valence-corrected chi connectivity index (χ3v) is 3.02. The van der Waals surface area contributed by atoms with Gasteiger partial charge in [0.2, 0.25) is 0 Å². The van der Waals surface area contributed by atoms with Crippen LogP contribution in [0.5, 0.6) is 0 Å². The van der Waals surface area contributed by atoms with Gasteiger partial charge in [-0.2, -0.15) is 0 Å². The van der Waals surface area contributed by atoms with Crippen LogP contribution < -0.4 is 11.2 Å². The third kappa shape index (κ3) is 2.59. The lowest BCUT2D eigenvalue weighted by Crippen LogP contribution is -2.39. The van der Waals surface area contributed by atoms with Crippen molar-refractivity contribution in [2.24, 2.45) is 14.1 Å². The molecule has 0 spiro atoms. The van der Waals surface area contributed by atoms with Gasteiger partial charge in [0.25, 0.3) is 5.56 Å². The van der Waals surface area contributed by atoms with Gasteiger partial charge in [0.05, 0.1) is 5.56 Å². The quantitative estimate of drug-likeness (QED) is 0.773. The Morgan fingerprint density at radius 1 is 1.15 bits per heavy atom. The smallest absolute Gasteiger partial charge is 0.303 e. The van der Waals surface area contributed by atoms with E-state index < -0.39 is 17.0 Å². The Hall–Kier alpha value is -2.50. The lowest BCUT2D eigenvalue weighted by molar-refractivity contribution is 0.0990. The zero-order valence-electron chi connectivity index (χ0n) is 11.1. The van der Waals surface area contributed by atoms with Gasteiger partial charge in [-0.05, 0) is 17.7 Å². The highest BCUT2D eigenvalue weighted by Crippen LogP contribution is 2.06. The minimum atomic E-state index is -0.625. The van der Waals surface area contributed by atoms with Crippen LogP contribution in [0.3, 0.4) is 0 Å². The predicted octanol–water partition coefficient (Wildman–Crippen LogP) is 0.648. The number of hydrogen-bond acceptors (Lipinski definition) is 3. The summed E-state index contributed by atoms with van der Waals surface area (Å²) in [6.45, 7) is 0. The summed E-state index contributed by atoms with van der Waals surface area (Å²) in [5, 5.41) is 0. The number of hydrogen-bond donors (Lipinski definition) is 0. The molecule has 0 saturated heterocycles. The number of aryl methyl sites for hydroxylation is 1. The van der Waals surface area contributed by atoms with Crippen LogP contribution in [0.2, 0.25) is 0 Å². The molecule has 1 aromatic carbocycles. The molecule has 20 heavy (non-hydrogen) atoms. The van der Waals surface area contributed by atoms with Crippen molar-refractivity contribution >= 4 is 5.78 Å². The standard InChI is InChI=1S/C14H13FN2O3/c1-16-8-11(13(19)17(2)14(16)20)12(18)7-9-3-5-10(15)6-4-9/h3-6,8H,7H2,1-2H3. The van der Waals surface area contributed by atoms with Gasteiger partial charge in [0.1, 0.15) is 5.82 Å². The Bertz CT molecular complexity index is 772. The molecule has 0 atom stereocenters. The van der Waals surface area contributed by atoms with Crippen molar-refractivity contribution < 1.29 is 9.18 Å². The van der Waals surface area contributed by atoms with Gasteiger partial charge in [-0.1, -0.05) is 12.1 Å². The first-order chi connectivity index (χ1) is 9.40. The first kappa shape index (κ1) is 13.9. The molecule has 6 heteroatoms. The molecular weight excluding hydrogens is 263 g/mol. The van der Waals surface area contributed by atoms with Gasteiger partial charge in [0.15, 0.2) is 5.78 Å². The molecule has 2 rings (SSSR count). The second-order valence-corrected chi connectivity index (χ2v) is 4.53. The summed E-state index contributed by atoms with van der Waals surface area (Å²) in [5.74, 6) is -0.799. The highest BCUT2D eigenvalue weighted by molar-refractivity contribution is 5.96. The van der Waals surface area contributed by atoms with E-state index in [9.17, 15) is 18.8 Å². The summed E-state index contributed by atoms with van der Waals surface area (Å²) in [6, 6.07) is 5.47. The van der Waals surface area contributed by atoms with Crippen LogP contribution in [0.15, 0.2) is 40.1 Å². The third-order valence-electron chi connectivity index (χ3n) is 3.02. The van der Waals surface area contributed by atoms with Crippen molar-refractivity contribution in [1.82, 2.24) is 9.13 Å². The molecule has 5 nitrogen and oxygen atoms in total. The average molecular weight is 276 g/mol. The van der Waals surface area contributed by atoms with Crippen molar-refractivity contribution in [1.29, 1.82) is 0 Å². The predicted molar refractivity (Wildman–Crippen MR) is 71.4 cm³/mol. The first-order valence-corrected chi connectivity index (χ1v) is 5.94. The highest BCUT2D eigenvalue weighted by atomic mass is 19.1. The van der Waals surface area contributed by atoms with Gasteiger partial charge in [0, 0.05) is 26.7 Å². The van der Waals surface area contributed by atoms with Gasteiger partial charge >= 0.3 is 5.69 Å². The van der Waals surface area contributed by atoms with Crippen molar-refractivity contribution in [2.45, 2.75) is 6.42 Å². The summed E-state index contributed by atoms with van der Waals surface area (Å²) in [7, 11) is 2.79. The maximum absolute atomic E-state index is 12.8. The number of ketones is 1. The Morgan fingerprint density at radius 2 is 1.75 bits per heavy atom. The van der Waals surface area contributed by atoms with Crippen molar-refractivity contribution in [3.63, 3.8) is 0 Å². The molecule has 0 aliphatic heterocycles. The molecule has 0 aliphatic carbocycles. The van der Waals surface area contributed by atoms with E-state index >= 15 is 0 Å². The molecule has 2 aromatic rings. The van der Waals surface area contributed by atoms with Crippen LogP contribution >= 0.6 is 0 Å². The zero-order chi connectivity index (χ0) is 14.9. The second-order valence-electron chi connectivity index (χ2n) is 4.53. The Balaban J connectivity index is 2.37. The molecule has 0 bridgehead atoms. The topological polar surface area (TPSA) is 61.1 Å². The van der Waals surface area contributed by atoms with E-state index in [1.54, 1.807) is 0 Å². The fraction of sp³-hybridized carbons (Fsp3) is 0.214. The average Bonchev–Trinajstić information content (AvgIpc) is 2.43. The van der Waals surface area contributed by atoms with E-state index in [0.29, 0.717) is 5.56 Å². The van der Waals surface area contributed by atoms with Crippen molar-refractivity contribution in [3.05, 3.63) is 68.2 Å². The van der Waals surface area contributed by atoms with Crippen LogP contribution in [0, 0.1) is 5.82 Å². The number of Topliss-reactive ketones (excluding diaryl/α,β-unsaturated/α-hetero) is 1. The summed E-state index contributed by atoms with van der Waals surface area (Å²) in [5.41, 5.74) is -0.570. The van der Waals surface area contributed by atoms with Gasteiger partial charge in [-0.15, -0.1) is 0 Å². The Kier molecular flexibility index (Phi) is 3.65. The first-order valence-electron chi connectivity index (χ1n) is 5.94. The molecule has 104 valence electrons. The van der Waals surface area contributed by atoms with E-state index in [4.69, 9.17) is 0 Å². The van der Waals surface area contributed by atoms with Crippen molar-refractivity contribution in [2.75, 3.05) is 0 Å². The molecule has 0 aliphatic rings. The minimum Gasteiger partial charge on any atom is -0.303 e. The van der Waals surface area contributed by atoms with Crippen LogP contribution in [0.1, 0.15) is 15.9 Å². The second kappa shape index (κ2) is 5.24. The number of benzene rings is 1. The maximum atomic E-state index is 12.8. The van der Waals surface area contributed by atoms with Gasteiger partial charge in [-0.25, -0.2) is 9.18 Å². The van der Waals surface area contributed by atoms with Crippen molar-refractivity contribution in [3.8, 4) is 0 Å². The fourth-order valence-electron chi connectivity index (χ4n) is 1.88. The highest BCUT2D eigenvalue weighted by Gasteiger charge is 2.15. The fourth-order valence-corrected chi connectivity index (χ4v) is 1.88. The molecule has 0 unspecified atom stereocenters. The molecule has 0 saturated carbocycles. The normalized spacial score (nSPS) is 10.6. The van der Waals surface area contributed by atoms with E-state index in [1.165, 1.54) is 49.1 Å². The van der Waals surface area contributed by atoms with E-state index in [2.05, 4.69) is 0 Å². The van der Waals surface area contributed by atoms with E-state index in [1.807, 2.05) is 0 Å². The minimum absolute atomic E-state index is 0.0201. The number of halogens is 1. The Labute approximate surface area is 113 Å². The van der Waals surface area contributed by atoms with E-state index in [-0.39, 0.29) is 17.8 Å². The molecule has 0 radical (unpaired) electrons. The Morgan fingerprint density at radius 3 is 2.35 bits per heavy atom. The summed E-state index contributed by atoms with van der Waals surface area (Å²) in [4.78, 5) is 35.5. The molecule has 0 fully saturated rings. The lowest BCUT2D eigenvalue weighted by atomic mass is 10.1. The number of nitrogens with zero attached hydrogens (tertiary/aromatic N) is 2. The number of carbonyl (C=O) groups excluding carboxylic acids is 1. The van der Waals surface area contributed by atoms with Crippen LogP contribution in [0.4, 0.5) is 4.39 Å². The molecule has 0 amide bonds. The lowest BCUT2D eigenvalue weighted by Gasteiger charge is -2.06. The van der Waals surface area contributed by atoms with Crippen LogP contribution in [0.25, 0.3) is 0 Å². The summed E-state index contributed by atoms with van der Waals surface area (Å²) >= 11 is 0.